The monoisotopic (exact) mass is 290 g/mol. The molecule has 3 rings (SSSR count). The smallest absolute Gasteiger partial charge is 0.122 e. The van der Waals surface area contributed by atoms with Crippen LogP contribution >= 0.6 is 0 Å². The molecule has 1 saturated carbocycles. The first-order valence-electron chi connectivity index (χ1n) is 8.78. The summed E-state index contributed by atoms with van der Waals surface area (Å²) in [6.45, 7) is 10.0. The fourth-order valence-electron chi connectivity index (χ4n) is 4.26. The summed E-state index contributed by atoms with van der Waals surface area (Å²) in [6.07, 6.45) is 6.53. The number of nitrogens with zero attached hydrogens (tertiary/aromatic N) is 3. The van der Waals surface area contributed by atoms with E-state index in [1.165, 1.54) is 45.2 Å². The zero-order valence-electron chi connectivity index (χ0n) is 13.6. The Bertz CT molecular complexity index is 398. The molecule has 0 amide bonds. The summed E-state index contributed by atoms with van der Waals surface area (Å²) in [5, 5.41) is 13.5. The van der Waals surface area contributed by atoms with Gasteiger partial charge in [-0.2, -0.15) is 5.26 Å². The molecule has 2 saturated heterocycles. The molecule has 2 aliphatic heterocycles. The summed E-state index contributed by atoms with van der Waals surface area (Å²) in [5.41, 5.74) is -0.314. The minimum Gasteiger partial charge on any atom is -0.298 e. The average molecular weight is 290 g/mol. The Labute approximate surface area is 129 Å². The van der Waals surface area contributed by atoms with Crippen molar-refractivity contribution >= 4 is 0 Å². The van der Waals surface area contributed by atoms with Gasteiger partial charge in [-0.3, -0.25) is 15.1 Å². The first-order chi connectivity index (χ1) is 10.1. The van der Waals surface area contributed by atoms with Crippen molar-refractivity contribution in [2.45, 2.75) is 63.6 Å². The third-order valence-electron chi connectivity index (χ3n) is 5.41. The largest absolute Gasteiger partial charge is 0.298 e. The lowest BCUT2D eigenvalue weighted by molar-refractivity contribution is 0.0365. The summed E-state index contributed by atoms with van der Waals surface area (Å²) < 4.78 is 0. The number of fused-ring (bicyclic) bond motifs is 1. The van der Waals surface area contributed by atoms with Crippen molar-refractivity contribution in [2.24, 2.45) is 5.92 Å². The molecule has 2 heterocycles. The summed E-state index contributed by atoms with van der Waals surface area (Å²) in [6, 6.07) is 3.78. The Kier molecular flexibility index (Phi) is 4.54. The first-order valence-corrected chi connectivity index (χ1v) is 8.78. The molecule has 0 aromatic heterocycles. The Balaban J connectivity index is 1.64. The molecule has 0 spiro atoms. The van der Waals surface area contributed by atoms with Crippen molar-refractivity contribution in [2.75, 3.05) is 32.7 Å². The standard InChI is InChI=1S/C17H30N4/c1-14(2)19-17(12-18,15-6-7-15)13-20-9-10-21-8-4-3-5-16(21)11-20/h14-16,19H,3-11,13H2,1-2H3. The number of hydrogen-bond acceptors (Lipinski definition) is 4. The topological polar surface area (TPSA) is 42.3 Å². The van der Waals surface area contributed by atoms with Crippen LogP contribution in [0.2, 0.25) is 0 Å². The van der Waals surface area contributed by atoms with Crippen LogP contribution in [0.15, 0.2) is 0 Å². The van der Waals surface area contributed by atoms with E-state index < -0.39 is 0 Å². The van der Waals surface area contributed by atoms with Crippen molar-refractivity contribution in [1.82, 2.24) is 15.1 Å². The van der Waals surface area contributed by atoms with Gasteiger partial charge < -0.3 is 0 Å². The van der Waals surface area contributed by atoms with Gasteiger partial charge in [-0.25, -0.2) is 0 Å². The van der Waals surface area contributed by atoms with Gasteiger partial charge >= 0.3 is 0 Å². The van der Waals surface area contributed by atoms with Crippen LogP contribution in [0.3, 0.4) is 0 Å². The number of nitriles is 1. The van der Waals surface area contributed by atoms with E-state index in [2.05, 4.69) is 35.0 Å². The Hall–Kier alpha value is -0.630. The fraction of sp³-hybridized carbons (Fsp3) is 0.941. The van der Waals surface area contributed by atoms with Crippen LogP contribution in [0, 0.1) is 17.2 Å². The van der Waals surface area contributed by atoms with E-state index in [0.29, 0.717) is 12.0 Å². The van der Waals surface area contributed by atoms with Gasteiger partial charge in [0.25, 0.3) is 0 Å². The van der Waals surface area contributed by atoms with Gasteiger partial charge in [-0.1, -0.05) is 6.42 Å². The molecule has 2 unspecified atom stereocenters. The van der Waals surface area contributed by atoms with E-state index in [1.807, 2.05) is 0 Å². The zero-order chi connectivity index (χ0) is 14.9. The second kappa shape index (κ2) is 6.24. The highest BCUT2D eigenvalue weighted by molar-refractivity contribution is 5.17. The molecule has 0 aromatic carbocycles. The molecule has 2 atom stereocenters. The normalized spacial score (nSPS) is 30.7. The second-order valence-electron chi connectivity index (χ2n) is 7.58. The molecule has 0 aromatic rings. The van der Waals surface area contributed by atoms with Crippen molar-refractivity contribution in [1.29, 1.82) is 5.26 Å². The van der Waals surface area contributed by atoms with Crippen LogP contribution in [0.4, 0.5) is 0 Å². The number of hydrogen-bond donors (Lipinski definition) is 1. The highest BCUT2D eigenvalue weighted by Crippen LogP contribution is 2.40. The van der Waals surface area contributed by atoms with Gasteiger partial charge in [0.05, 0.1) is 6.07 Å². The lowest BCUT2D eigenvalue weighted by atomic mass is 9.91. The summed E-state index contributed by atoms with van der Waals surface area (Å²) in [7, 11) is 0. The highest BCUT2D eigenvalue weighted by atomic mass is 15.3. The molecule has 4 nitrogen and oxygen atoms in total. The van der Waals surface area contributed by atoms with E-state index in [0.717, 1.165) is 25.7 Å². The molecule has 1 N–H and O–H groups in total. The molecule has 0 bridgehead atoms. The van der Waals surface area contributed by atoms with E-state index in [-0.39, 0.29) is 5.54 Å². The number of piperidine rings is 1. The van der Waals surface area contributed by atoms with Crippen LogP contribution in [0.5, 0.6) is 0 Å². The predicted molar refractivity (Wildman–Crippen MR) is 85.0 cm³/mol. The minimum absolute atomic E-state index is 0.314. The molecule has 1 aliphatic carbocycles. The molecule has 4 heteroatoms. The predicted octanol–water partition coefficient (Wildman–Crippen LogP) is 1.83. The first kappa shape index (κ1) is 15.3. The van der Waals surface area contributed by atoms with Gasteiger partial charge in [-0.15, -0.1) is 0 Å². The van der Waals surface area contributed by atoms with E-state index in [4.69, 9.17) is 0 Å². The van der Waals surface area contributed by atoms with Gasteiger partial charge in [0.1, 0.15) is 5.54 Å². The average Bonchev–Trinajstić information content (AvgIpc) is 3.31. The minimum atomic E-state index is -0.314. The van der Waals surface area contributed by atoms with Gasteiger partial charge in [-0.05, 0) is 52.0 Å². The molecular weight excluding hydrogens is 260 g/mol. The third-order valence-corrected chi connectivity index (χ3v) is 5.41. The molecule has 21 heavy (non-hydrogen) atoms. The maximum Gasteiger partial charge on any atom is 0.122 e. The highest BCUT2D eigenvalue weighted by Gasteiger charge is 2.47. The summed E-state index contributed by atoms with van der Waals surface area (Å²) >= 11 is 0. The number of rotatable bonds is 5. The molecule has 3 aliphatic rings. The van der Waals surface area contributed by atoms with Gasteiger partial charge in [0.15, 0.2) is 0 Å². The molecular formula is C17H30N4. The van der Waals surface area contributed by atoms with E-state index in [9.17, 15) is 5.26 Å². The zero-order valence-corrected chi connectivity index (χ0v) is 13.6. The second-order valence-corrected chi connectivity index (χ2v) is 7.58. The lowest BCUT2D eigenvalue weighted by Crippen LogP contribution is -2.62. The van der Waals surface area contributed by atoms with Crippen molar-refractivity contribution in [3.63, 3.8) is 0 Å². The maximum absolute atomic E-state index is 9.85. The summed E-state index contributed by atoms with van der Waals surface area (Å²) in [4.78, 5) is 5.23. The number of piperazine rings is 1. The van der Waals surface area contributed by atoms with Crippen LogP contribution in [0.25, 0.3) is 0 Å². The third kappa shape index (κ3) is 3.41. The van der Waals surface area contributed by atoms with Crippen LogP contribution < -0.4 is 5.32 Å². The lowest BCUT2D eigenvalue weighted by Gasteiger charge is -2.46. The Morgan fingerprint density at radius 1 is 1.19 bits per heavy atom. The van der Waals surface area contributed by atoms with Gasteiger partial charge in [0, 0.05) is 38.3 Å². The molecule has 0 radical (unpaired) electrons. The SMILES string of the molecule is CC(C)NC(C#N)(CN1CCN2CCCCC2C1)C1CC1. The Morgan fingerprint density at radius 3 is 2.67 bits per heavy atom. The number of nitrogens with one attached hydrogen (secondary N) is 1. The quantitative estimate of drug-likeness (QED) is 0.839. The maximum atomic E-state index is 9.85. The Morgan fingerprint density at radius 2 is 2.00 bits per heavy atom. The van der Waals surface area contributed by atoms with Crippen molar-refractivity contribution in [3.05, 3.63) is 0 Å². The fourth-order valence-corrected chi connectivity index (χ4v) is 4.26. The van der Waals surface area contributed by atoms with Crippen molar-refractivity contribution in [3.8, 4) is 6.07 Å². The van der Waals surface area contributed by atoms with E-state index in [1.54, 1.807) is 0 Å². The molecule has 3 fully saturated rings. The van der Waals surface area contributed by atoms with Crippen molar-refractivity contribution < 1.29 is 0 Å². The van der Waals surface area contributed by atoms with Crippen LogP contribution in [0.1, 0.15) is 46.0 Å². The van der Waals surface area contributed by atoms with E-state index >= 15 is 0 Å². The van der Waals surface area contributed by atoms with Crippen LogP contribution in [-0.4, -0.2) is 60.1 Å². The molecule has 118 valence electrons. The van der Waals surface area contributed by atoms with Crippen LogP contribution in [-0.2, 0) is 0 Å². The van der Waals surface area contributed by atoms with Gasteiger partial charge in [0.2, 0.25) is 0 Å². The summed E-state index contributed by atoms with van der Waals surface area (Å²) in [5.74, 6) is 0.564.